The Morgan fingerprint density at radius 2 is 2.14 bits per heavy atom. The van der Waals surface area contributed by atoms with Crippen LogP contribution < -0.4 is 0 Å². The summed E-state index contributed by atoms with van der Waals surface area (Å²) in [6, 6.07) is 8.58. The average molecular weight is 322 g/mol. The molecule has 0 aliphatic rings. The van der Waals surface area contributed by atoms with Crippen molar-refractivity contribution in [3.63, 3.8) is 0 Å². The van der Waals surface area contributed by atoms with Crippen molar-refractivity contribution in [2.75, 3.05) is 26.5 Å². The molecular formula is C15H18N2O4S. The number of rotatable bonds is 7. The lowest BCUT2D eigenvalue weighted by Crippen LogP contribution is -2.31. The number of ether oxygens (including phenoxy) is 1. The van der Waals surface area contributed by atoms with Gasteiger partial charge in [-0.2, -0.15) is 5.26 Å². The molecule has 0 saturated heterocycles. The predicted octanol–water partition coefficient (Wildman–Crippen LogP) is 1.09. The van der Waals surface area contributed by atoms with Crippen LogP contribution in [0.5, 0.6) is 0 Å². The summed E-state index contributed by atoms with van der Waals surface area (Å²) in [5.41, 5.74) is 1.09. The van der Waals surface area contributed by atoms with Gasteiger partial charge in [0, 0.05) is 36.4 Å². The Hall–Kier alpha value is -2.20. The molecule has 1 aromatic rings. The molecule has 1 atom stereocenters. The van der Waals surface area contributed by atoms with Gasteiger partial charge in [0.1, 0.15) is 0 Å². The summed E-state index contributed by atoms with van der Waals surface area (Å²) in [5, 5.41) is 8.46. The van der Waals surface area contributed by atoms with Crippen molar-refractivity contribution >= 4 is 22.7 Å². The normalized spacial score (nSPS) is 11.3. The smallest absolute Gasteiger partial charge is 0.338 e. The molecule has 0 aliphatic carbocycles. The summed E-state index contributed by atoms with van der Waals surface area (Å²) in [5.74, 6) is -0.614. The van der Waals surface area contributed by atoms with E-state index in [0.717, 1.165) is 5.56 Å². The monoisotopic (exact) mass is 322 g/mol. The fraction of sp³-hybridized carbons (Fsp3) is 0.400. The van der Waals surface area contributed by atoms with Crippen molar-refractivity contribution in [1.29, 1.82) is 5.26 Å². The zero-order valence-corrected chi connectivity index (χ0v) is 13.4. The fourth-order valence-electron chi connectivity index (χ4n) is 1.69. The number of amides is 1. The fourth-order valence-corrected chi connectivity index (χ4v) is 2.33. The molecule has 0 bridgehead atoms. The van der Waals surface area contributed by atoms with Gasteiger partial charge in [0.2, 0.25) is 0 Å². The lowest BCUT2D eigenvalue weighted by Gasteiger charge is -2.15. The van der Waals surface area contributed by atoms with E-state index in [9.17, 15) is 13.8 Å². The van der Waals surface area contributed by atoms with Crippen LogP contribution in [0.4, 0.5) is 0 Å². The minimum Gasteiger partial charge on any atom is -0.452 e. The molecule has 1 rings (SSSR count). The maximum Gasteiger partial charge on any atom is 0.338 e. The Kier molecular flexibility index (Phi) is 7.26. The van der Waals surface area contributed by atoms with Crippen LogP contribution in [-0.2, 0) is 26.1 Å². The van der Waals surface area contributed by atoms with Gasteiger partial charge >= 0.3 is 5.97 Å². The third kappa shape index (κ3) is 6.06. The van der Waals surface area contributed by atoms with Gasteiger partial charge in [-0.25, -0.2) is 4.79 Å². The molecule has 0 saturated carbocycles. The first-order chi connectivity index (χ1) is 10.4. The Morgan fingerprint density at radius 3 is 2.77 bits per heavy atom. The summed E-state index contributed by atoms with van der Waals surface area (Å²) >= 11 is 0. The molecule has 0 spiro atoms. The van der Waals surface area contributed by atoms with Gasteiger partial charge in [0.25, 0.3) is 5.91 Å². The van der Waals surface area contributed by atoms with Gasteiger partial charge in [0.05, 0.1) is 18.1 Å². The van der Waals surface area contributed by atoms with Gasteiger partial charge in [-0.3, -0.25) is 9.00 Å². The van der Waals surface area contributed by atoms with Gasteiger partial charge < -0.3 is 9.64 Å². The Labute approximate surface area is 132 Å². The van der Waals surface area contributed by atoms with Crippen LogP contribution in [-0.4, -0.2) is 47.4 Å². The lowest BCUT2D eigenvalue weighted by molar-refractivity contribution is -0.133. The van der Waals surface area contributed by atoms with Crippen LogP contribution in [0.2, 0.25) is 0 Å². The largest absolute Gasteiger partial charge is 0.452 e. The number of benzene rings is 1. The molecule has 0 fully saturated rings. The standard InChI is InChI=1S/C15H18N2O4S/c1-17(8-4-7-16)14(18)10-21-15(19)13-6-3-5-12(9-13)11-22(2)20/h3,5-6,9H,4,8,10-11H2,1-2H3. The van der Waals surface area contributed by atoms with E-state index in [1.54, 1.807) is 37.6 Å². The Morgan fingerprint density at radius 1 is 1.41 bits per heavy atom. The Bertz CT molecular complexity index is 610. The number of hydrogen-bond acceptors (Lipinski definition) is 5. The zero-order chi connectivity index (χ0) is 16.5. The number of likely N-dealkylation sites (N-methyl/N-ethyl adjacent to an activating group) is 1. The molecule has 0 radical (unpaired) electrons. The van der Waals surface area contributed by atoms with Gasteiger partial charge in [-0.1, -0.05) is 12.1 Å². The number of carbonyl (C=O) groups excluding carboxylic acids is 2. The predicted molar refractivity (Wildman–Crippen MR) is 82.4 cm³/mol. The van der Waals surface area contributed by atoms with Crippen LogP contribution in [0.1, 0.15) is 22.3 Å². The molecule has 6 nitrogen and oxygen atoms in total. The van der Waals surface area contributed by atoms with Gasteiger partial charge in [0.15, 0.2) is 6.61 Å². The lowest BCUT2D eigenvalue weighted by atomic mass is 10.1. The van der Waals surface area contributed by atoms with E-state index in [0.29, 0.717) is 17.9 Å². The van der Waals surface area contributed by atoms with Gasteiger partial charge in [-0.05, 0) is 17.7 Å². The number of esters is 1. The average Bonchev–Trinajstić information content (AvgIpc) is 2.49. The van der Waals surface area contributed by atoms with Crippen molar-refractivity contribution in [3.8, 4) is 6.07 Å². The van der Waals surface area contributed by atoms with Gasteiger partial charge in [-0.15, -0.1) is 0 Å². The second-order valence-corrected chi connectivity index (χ2v) is 6.15. The van der Waals surface area contributed by atoms with E-state index in [4.69, 9.17) is 10.00 Å². The van der Waals surface area contributed by atoms with Crippen molar-refractivity contribution in [3.05, 3.63) is 35.4 Å². The van der Waals surface area contributed by atoms with Crippen molar-refractivity contribution < 1.29 is 18.5 Å². The summed E-state index contributed by atoms with van der Waals surface area (Å²) < 4.78 is 16.2. The van der Waals surface area contributed by atoms with E-state index in [2.05, 4.69) is 0 Å². The number of carbonyl (C=O) groups is 2. The third-order valence-corrected chi connectivity index (χ3v) is 3.58. The maximum atomic E-state index is 11.9. The zero-order valence-electron chi connectivity index (χ0n) is 12.6. The maximum absolute atomic E-state index is 11.9. The molecular weight excluding hydrogens is 304 g/mol. The number of nitriles is 1. The number of hydrogen-bond donors (Lipinski definition) is 0. The first kappa shape index (κ1) is 17.9. The van der Waals surface area contributed by atoms with Crippen LogP contribution in [0, 0.1) is 11.3 Å². The molecule has 0 aliphatic heterocycles. The highest BCUT2D eigenvalue weighted by molar-refractivity contribution is 7.83. The minimum absolute atomic E-state index is 0.229. The molecule has 0 aromatic heterocycles. The molecule has 22 heavy (non-hydrogen) atoms. The molecule has 1 aromatic carbocycles. The highest BCUT2D eigenvalue weighted by Crippen LogP contribution is 2.09. The molecule has 1 unspecified atom stereocenters. The van der Waals surface area contributed by atoms with E-state index in [1.807, 2.05) is 6.07 Å². The molecule has 1 amide bonds. The van der Waals surface area contributed by atoms with Crippen molar-refractivity contribution in [2.45, 2.75) is 12.2 Å². The second kappa shape index (κ2) is 8.95. The highest BCUT2D eigenvalue weighted by atomic mass is 32.2. The van der Waals surface area contributed by atoms with E-state index in [1.165, 1.54) is 4.90 Å². The SMILES string of the molecule is CN(CCC#N)C(=O)COC(=O)c1cccc(CS(C)=O)c1. The second-order valence-electron chi connectivity index (χ2n) is 4.72. The van der Waals surface area contributed by atoms with Crippen LogP contribution in [0.3, 0.4) is 0 Å². The minimum atomic E-state index is -0.998. The summed E-state index contributed by atoms with van der Waals surface area (Å²) in [6.45, 7) is -0.0740. The molecule has 118 valence electrons. The van der Waals surface area contributed by atoms with Crippen LogP contribution in [0.25, 0.3) is 0 Å². The number of nitrogens with zero attached hydrogens (tertiary/aromatic N) is 2. The summed E-state index contributed by atoms with van der Waals surface area (Å²) in [6.07, 6.45) is 1.81. The summed E-state index contributed by atoms with van der Waals surface area (Å²) in [4.78, 5) is 24.9. The van der Waals surface area contributed by atoms with E-state index < -0.39 is 16.8 Å². The molecule has 0 heterocycles. The summed E-state index contributed by atoms with van der Waals surface area (Å²) in [7, 11) is 0.548. The first-order valence-corrected chi connectivity index (χ1v) is 8.33. The Balaban J connectivity index is 2.57. The van der Waals surface area contributed by atoms with Crippen molar-refractivity contribution in [1.82, 2.24) is 4.90 Å². The molecule has 7 heteroatoms. The van der Waals surface area contributed by atoms with E-state index >= 15 is 0 Å². The van der Waals surface area contributed by atoms with Crippen LogP contribution in [0.15, 0.2) is 24.3 Å². The highest BCUT2D eigenvalue weighted by Gasteiger charge is 2.13. The van der Waals surface area contributed by atoms with Crippen molar-refractivity contribution in [2.24, 2.45) is 0 Å². The van der Waals surface area contributed by atoms with Crippen LogP contribution >= 0.6 is 0 Å². The topological polar surface area (TPSA) is 87.5 Å². The quantitative estimate of drug-likeness (QED) is 0.701. The van der Waals surface area contributed by atoms with E-state index in [-0.39, 0.29) is 18.9 Å². The molecule has 0 N–H and O–H groups in total. The third-order valence-electron chi connectivity index (χ3n) is 2.84. The first-order valence-electron chi connectivity index (χ1n) is 6.61.